The van der Waals surface area contributed by atoms with Crippen molar-refractivity contribution in [3.05, 3.63) is 63.7 Å². The van der Waals surface area contributed by atoms with Gasteiger partial charge in [0.1, 0.15) is 5.82 Å². The SMILES string of the molecule is CCn1c(=NC(=O)c2cccc(Cl)c2)sc2cccc(F)c21. The first-order valence-electron chi connectivity index (χ1n) is 6.72. The van der Waals surface area contributed by atoms with Crippen molar-refractivity contribution in [2.24, 2.45) is 4.99 Å². The van der Waals surface area contributed by atoms with Crippen LogP contribution >= 0.6 is 22.9 Å². The molecule has 3 rings (SSSR count). The van der Waals surface area contributed by atoms with Crippen molar-refractivity contribution >= 4 is 39.1 Å². The van der Waals surface area contributed by atoms with Crippen LogP contribution in [0.25, 0.3) is 10.2 Å². The summed E-state index contributed by atoms with van der Waals surface area (Å²) in [6, 6.07) is 11.5. The van der Waals surface area contributed by atoms with Crippen LogP contribution in [-0.4, -0.2) is 10.5 Å². The lowest BCUT2D eigenvalue weighted by Gasteiger charge is -2.01. The van der Waals surface area contributed by atoms with E-state index in [0.717, 1.165) is 4.70 Å². The van der Waals surface area contributed by atoms with E-state index in [1.54, 1.807) is 34.9 Å². The van der Waals surface area contributed by atoms with E-state index in [2.05, 4.69) is 4.99 Å². The van der Waals surface area contributed by atoms with Crippen LogP contribution in [0.5, 0.6) is 0 Å². The Kier molecular flexibility index (Phi) is 4.09. The van der Waals surface area contributed by atoms with Gasteiger partial charge in [-0.25, -0.2) is 4.39 Å². The third kappa shape index (κ3) is 2.69. The van der Waals surface area contributed by atoms with Gasteiger partial charge in [-0.05, 0) is 37.3 Å². The normalized spacial score (nSPS) is 12.0. The highest BCUT2D eigenvalue weighted by atomic mass is 35.5. The molecule has 0 N–H and O–H groups in total. The van der Waals surface area contributed by atoms with Gasteiger partial charge < -0.3 is 4.57 Å². The minimum absolute atomic E-state index is 0.313. The van der Waals surface area contributed by atoms with Crippen molar-refractivity contribution in [1.82, 2.24) is 4.57 Å². The number of halogens is 2. The van der Waals surface area contributed by atoms with Crippen molar-refractivity contribution in [3.63, 3.8) is 0 Å². The van der Waals surface area contributed by atoms with Crippen LogP contribution in [0.4, 0.5) is 4.39 Å². The van der Waals surface area contributed by atoms with Crippen LogP contribution < -0.4 is 4.80 Å². The number of fused-ring (bicyclic) bond motifs is 1. The van der Waals surface area contributed by atoms with E-state index in [9.17, 15) is 9.18 Å². The second kappa shape index (κ2) is 6.02. The first-order chi connectivity index (χ1) is 10.6. The summed E-state index contributed by atoms with van der Waals surface area (Å²) in [6.07, 6.45) is 0. The summed E-state index contributed by atoms with van der Waals surface area (Å²) in [5.74, 6) is -0.705. The van der Waals surface area contributed by atoms with Crippen LogP contribution in [-0.2, 0) is 6.54 Å². The molecule has 0 unspecified atom stereocenters. The van der Waals surface area contributed by atoms with Crippen molar-refractivity contribution < 1.29 is 9.18 Å². The second-order valence-electron chi connectivity index (χ2n) is 4.64. The molecule has 0 radical (unpaired) electrons. The Morgan fingerprint density at radius 1 is 1.32 bits per heavy atom. The minimum atomic E-state index is -0.392. The van der Waals surface area contributed by atoms with Gasteiger partial charge >= 0.3 is 0 Å². The van der Waals surface area contributed by atoms with E-state index in [4.69, 9.17) is 11.6 Å². The number of aromatic nitrogens is 1. The largest absolute Gasteiger partial charge is 0.314 e. The molecule has 0 aliphatic carbocycles. The molecule has 1 heterocycles. The van der Waals surface area contributed by atoms with E-state index < -0.39 is 5.91 Å². The molecule has 0 aliphatic heterocycles. The summed E-state index contributed by atoms with van der Waals surface area (Å²) >= 11 is 7.18. The molecule has 0 bridgehead atoms. The topological polar surface area (TPSA) is 34.4 Å². The van der Waals surface area contributed by atoms with Crippen LogP contribution in [0.3, 0.4) is 0 Å². The molecule has 0 saturated carbocycles. The molecule has 6 heteroatoms. The van der Waals surface area contributed by atoms with Crippen molar-refractivity contribution in [2.75, 3.05) is 0 Å². The number of amides is 1. The maximum atomic E-state index is 14.0. The summed E-state index contributed by atoms with van der Waals surface area (Å²) in [7, 11) is 0. The first kappa shape index (κ1) is 14.9. The number of rotatable bonds is 2. The number of nitrogens with zero attached hydrogens (tertiary/aromatic N) is 2. The lowest BCUT2D eigenvalue weighted by molar-refractivity contribution is 0.0998. The zero-order valence-electron chi connectivity index (χ0n) is 11.7. The molecular weight excluding hydrogens is 323 g/mol. The van der Waals surface area contributed by atoms with Gasteiger partial charge in [-0.1, -0.05) is 35.1 Å². The monoisotopic (exact) mass is 334 g/mol. The van der Waals surface area contributed by atoms with Gasteiger partial charge in [-0.2, -0.15) is 4.99 Å². The summed E-state index contributed by atoms with van der Waals surface area (Å²) in [6.45, 7) is 2.42. The predicted octanol–water partition coefficient (Wildman–Crippen LogP) is 4.26. The molecule has 22 heavy (non-hydrogen) atoms. The molecule has 1 amide bonds. The molecular formula is C16H12ClFN2OS. The molecule has 0 atom stereocenters. The zero-order chi connectivity index (χ0) is 15.7. The van der Waals surface area contributed by atoms with Crippen LogP contribution in [0.2, 0.25) is 5.02 Å². The molecule has 0 aliphatic rings. The maximum Gasteiger partial charge on any atom is 0.279 e. The highest BCUT2D eigenvalue weighted by Gasteiger charge is 2.11. The Labute approximate surface area is 135 Å². The maximum absolute atomic E-state index is 14.0. The smallest absolute Gasteiger partial charge is 0.279 e. The number of aryl methyl sites for hydroxylation is 1. The lowest BCUT2D eigenvalue weighted by atomic mass is 10.2. The Morgan fingerprint density at radius 2 is 2.09 bits per heavy atom. The number of carbonyl (C=O) groups excluding carboxylic acids is 1. The van der Waals surface area contributed by atoms with Gasteiger partial charge in [-0.3, -0.25) is 4.79 Å². The fourth-order valence-corrected chi connectivity index (χ4v) is 3.54. The highest BCUT2D eigenvalue weighted by molar-refractivity contribution is 7.16. The number of carbonyl (C=O) groups is 1. The summed E-state index contributed by atoms with van der Waals surface area (Å²) in [5, 5.41) is 0.479. The summed E-state index contributed by atoms with van der Waals surface area (Å²) in [4.78, 5) is 16.9. The van der Waals surface area contributed by atoms with Crippen molar-refractivity contribution in [1.29, 1.82) is 0 Å². The predicted molar refractivity (Wildman–Crippen MR) is 86.8 cm³/mol. The van der Waals surface area contributed by atoms with Gasteiger partial charge in [0, 0.05) is 17.1 Å². The third-order valence-electron chi connectivity index (χ3n) is 3.24. The molecule has 0 fully saturated rings. The van der Waals surface area contributed by atoms with Gasteiger partial charge in [0.25, 0.3) is 5.91 Å². The number of benzene rings is 2. The lowest BCUT2D eigenvalue weighted by Crippen LogP contribution is -2.16. The van der Waals surface area contributed by atoms with E-state index in [1.807, 2.05) is 13.0 Å². The fourth-order valence-electron chi connectivity index (χ4n) is 2.24. The van der Waals surface area contributed by atoms with Gasteiger partial charge in [0.05, 0.1) is 10.2 Å². The number of thiazole rings is 1. The quantitative estimate of drug-likeness (QED) is 0.689. The van der Waals surface area contributed by atoms with Crippen LogP contribution in [0, 0.1) is 5.82 Å². The fraction of sp³-hybridized carbons (Fsp3) is 0.125. The molecule has 1 aromatic heterocycles. The Morgan fingerprint density at radius 3 is 2.82 bits per heavy atom. The Balaban J connectivity index is 2.17. The summed E-state index contributed by atoms with van der Waals surface area (Å²) in [5.41, 5.74) is 0.890. The van der Waals surface area contributed by atoms with E-state index >= 15 is 0 Å². The zero-order valence-corrected chi connectivity index (χ0v) is 13.3. The van der Waals surface area contributed by atoms with Gasteiger partial charge in [0.2, 0.25) is 0 Å². The number of hydrogen-bond acceptors (Lipinski definition) is 2. The average Bonchev–Trinajstić information content (AvgIpc) is 2.85. The molecule has 3 aromatic rings. The minimum Gasteiger partial charge on any atom is -0.314 e. The van der Waals surface area contributed by atoms with Crippen LogP contribution in [0.1, 0.15) is 17.3 Å². The second-order valence-corrected chi connectivity index (χ2v) is 6.09. The summed E-state index contributed by atoms with van der Waals surface area (Å²) < 4.78 is 16.5. The first-order valence-corrected chi connectivity index (χ1v) is 7.92. The van der Waals surface area contributed by atoms with E-state index in [-0.39, 0.29) is 5.82 Å². The molecule has 0 spiro atoms. The van der Waals surface area contributed by atoms with Gasteiger partial charge in [-0.15, -0.1) is 0 Å². The number of hydrogen-bond donors (Lipinski definition) is 0. The van der Waals surface area contributed by atoms with Crippen LogP contribution in [0.15, 0.2) is 47.5 Å². The average molecular weight is 335 g/mol. The Bertz CT molecular complexity index is 929. The standard InChI is InChI=1S/C16H12ClFN2OS/c1-2-20-14-12(18)7-4-8-13(14)22-16(20)19-15(21)10-5-3-6-11(17)9-10/h3-9H,2H2,1H3. The number of para-hydroxylation sites is 1. The Hall–Kier alpha value is -1.98. The highest BCUT2D eigenvalue weighted by Crippen LogP contribution is 2.20. The molecule has 112 valence electrons. The molecule has 3 nitrogen and oxygen atoms in total. The molecule has 0 saturated heterocycles. The van der Waals surface area contributed by atoms with Gasteiger partial charge in [0.15, 0.2) is 4.80 Å². The van der Waals surface area contributed by atoms with Crippen molar-refractivity contribution in [3.8, 4) is 0 Å². The molecule has 2 aromatic carbocycles. The van der Waals surface area contributed by atoms with E-state index in [1.165, 1.54) is 17.4 Å². The van der Waals surface area contributed by atoms with E-state index in [0.29, 0.717) is 27.4 Å². The third-order valence-corrected chi connectivity index (χ3v) is 4.52. The van der Waals surface area contributed by atoms with Crippen molar-refractivity contribution in [2.45, 2.75) is 13.5 Å².